The van der Waals surface area contributed by atoms with Crippen LogP contribution < -0.4 is 15.1 Å². The lowest BCUT2D eigenvalue weighted by Gasteiger charge is -2.40. The van der Waals surface area contributed by atoms with Crippen molar-refractivity contribution in [2.75, 3.05) is 28.2 Å². The molecule has 172 valence electrons. The molecule has 0 radical (unpaired) electrons. The molecule has 1 aromatic carbocycles. The van der Waals surface area contributed by atoms with Crippen LogP contribution in [0.15, 0.2) is 48.3 Å². The summed E-state index contributed by atoms with van der Waals surface area (Å²) in [7, 11) is 0. The monoisotopic (exact) mass is 448 g/mol. The van der Waals surface area contributed by atoms with E-state index < -0.39 is 4.92 Å². The van der Waals surface area contributed by atoms with Crippen molar-refractivity contribution in [2.24, 2.45) is 0 Å². The van der Waals surface area contributed by atoms with E-state index in [-0.39, 0.29) is 17.8 Å². The number of rotatable bonds is 7. The molecule has 1 fully saturated rings. The zero-order valence-electron chi connectivity index (χ0n) is 19.0. The Morgan fingerprint density at radius 2 is 2.18 bits per heavy atom. The van der Waals surface area contributed by atoms with Gasteiger partial charge < -0.3 is 20.1 Å². The average Bonchev–Trinajstić information content (AvgIpc) is 3.23. The molecule has 2 aromatic heterocycles. The lowest BCUT2D eigenvalue weighted by atomic mass is 10.00. The van der Waals surface area contributed by atoms with Gasteiger partial charge in [-0.1, -0.05) is 0 Å². The van der Waals surface area contributed by atoms with Gasteiger partial charge in [-0.25, -0.2) is 9.78 Å². The Balaban J connectivity index is 1.58. The molecule has 1 aliphatic rings. The van der Waals surface area contributed by atoms with Gasteiger partial charge in [0.05, 0.1) is 10.6 Å². The maximum absolute atomic E-state index is 12.0. The van der Waals surface area contributed by atoms with Crippen molar-refractivity contribution in [3.63, 3.8) is 0 Å². The van der Waals surface area contributed by atoms with Crippen molar-refractivity contribution in [1.82, 2.24) is 9.97 Å². The third-order valence-electron chi connectivity index (χ3n) is 5.93. The van der Waals surface area contributed by atoms with Crippen molar-refractivity contribution in [3.05, 3.63) is 58.4 Å². The molecular weight excluding hydrogens is 420 g/mol. The zero-order chi connectivity index (χ0) is 23.5. The maximum atomic E-state index is 12.0. The maximum Gasteiger partial charge on any atom is 0.270 e. The number of H-pyrrole nitrogens is 1. The molecule has 0 saturated carbocycles. The first-order chi connectivity index (χ1) is 15.9. The van der Waals surface area contributed by atoms with Crippen LogP contribution in [0.25, 0.3) is 10.9 Å². The minimum absolute atomic E-state index is 0.0395. The van der Waals surface area contributed by atoms with Gasteiger partial charge in [-0.2, -0.15) is 0 Å². The number of fused-ring (bicyclic) bond motifs is 1. The quantitative estimate of drug-likeness (QED) is 0.311. The molecule has 0 spiro atoms. The largest absolute Gasteiger partial charge is 0.380 e. The number of aromatic amines is 1. The highest BCUT2D eigenvalue weighted by Crippen LogP contribution is 2.34. The first-order valence-corrected chi connectivity index (χ1v) is 11.2. The molecule has 1 atom stereocenters. The molecule has 1 aliphatic heterocycles. The van der Waals surface area contributed by atoms with Crippen LogP contribution >= 0.6 is 0 Å². The van der Waals surface area contributed by atoms with E-state index in [4.69, 9.17) is 0 Å². The van der Waals surface area contributed by atoms with E-state index in [2.05, 4.69) is 46.9 Å². The predicted molar refractivity (Wildman–Crippen MR) is 131 cm³/mol. The molecule has 1 saturated heterocycles. The van der Waals surface area contributed by atoms with Crippen LogP contribution in [-0.2, 0) is 4.79 Å². The molecule has 4 rings (SSSR count). The fourth-order valence-corrected chi connectivity index (χ4v) is 4.47. The van der Waals surface area contributed by atoms with Crippen molar-refractivity contribution in [3.8, 4) is 0 Å². The third kappa shape index (κ3) is 4.54. The van der Waals surface area contributed by atoms with Crippen LogP contribution in [0.4, 0.5) is 23.0 Å². The van der Waals surface area contributed by atoms with E-state index >= 15 is 0 Å². The molecule has 2 N–H and O–H groups in total. The third-order valence-corrected chi connectivity index (χ3v) is 5.93. The fourth-order valence-electron chi connectivity index (χ4n) is 4.47. The standard InChI is InChI=1S/C24H28N6O3/c1-4-28(24-22(26-16(2)3)6-5-10-25-24)18-9-11-29(20(14-18)15-31)23-13-17-12-19(30(32)33)7-8-21(17)27-23/h5-8,10,12-13,16,18,26-27H,4,9,11,14H2,1-3H3. The van der Waals surface area contributed by atoms with Gasteiger partial charge in [0.15, 0.2) is 5.82 Å². The topological polar surface area (TPSA) is 107 Å². The van der Waals surface area contributed by atoms with E-state index in [1.54, 1.807) is 12.3 Å². The summed E-state index contributed by atoms with van der Waals surface area (Å²) in [4.78, 5) is 34.7. The smallest absolute Gasteiger partial charge is 0.270 e. The Hall–Kier alpha value is -3.84. The Kier molecular flexibility index (Phi) is 6.33. The van der Waals surface area contributed by atoms with Crippen molar-refractivity contribution in [2.45, 2.75) is 45.7 Å². The fraction of sp³-hybridized carbons (Fsp3) is 0.375. The van der Waals surface area contributed by atoms with E-state index in [9.17, 15) is 14.9 Å². The van der Waals surface area contributed by atoms with Crippen LogP contribution in [0.1, 0.15) is 33.6 Å². The first kappa shape index (κ1) is 22.4. The van der Waals surface area contributed by atoms with Gasteiger partial charge in [0.1, 0.15) is 17.5 Å². The van der Waals surface area contributed by atoms with E-state index in [0.717, 1.165) is 41.2 Å². The number of nitrogens with one attached hydrogen (secondary N) is 2. The summed E-state index contributed by atoms with van der Waals surface area (Å²) < 4.78 is 0. The van der Waals surface area contributed by atoms with Gasteiger partial charge in [-0.05, 0) is 51.5 Å². The summed E-state index contributed by atoms with van der Waals surface area (Å²) in [5.41, 5.74) is 2.36. The number of nitro groups is 1. The van der Waals surface area contributed by atoms with Gasteiger partial charge in [0.25, 0.3) is 5.69 Å². The van der Waals surface area contributed by atoms with Crippen LogP contribution in [-0.4, -0.2) is 46.0 Å². The molecule has 3 aromatic rings. The number of benzene rings is 1. The second-order valence-corrected chi connectivity index (χ2v) is 8.49. The molecule has 33 heavy (non-hydrogen) atoms. The van der Waals surface area contributed by atoms with E-state index in [1.165, 1.54) is 12.1 Å². The van der Waals surface area contributed by atoms with Crippen LogP contribution in [0.3, 0.4) is 0 Å². The summed E-state index contributed by atoms with van der Waals surface area (Å²) >= 11 is 0. The summed E-state index contributed by atoms with van der Waals surface area (Å²) in [5, 5.41) is 15.3. The number of nitro benzene ring substituents is 1. The summed E-state index contributed by atoms with van der Waals surface area (Å²) in [6.07, 6.45) is 3.15. The number of pyridine rings is 1. The highest BCUT2D eigenvalue weighted by atomic mass is 16.6. The van der Waals surface area contributed by atoms with Crippen molar-refractivity contribution >= 4 is 39.9 Å². The van der Waals surface area contributed by atoms with Crippen molar-refractivity contribution in [1.29, 1.82) is 0 Å². The van der Waals surface area contributed by atoms with Gasteiger partial charge >= 0.3 is 0 Å². The highest BCUT2D eigenvalue weighted by Gasteiger charge is 2.31. The number of piperidine rings is 1. The number of carbonyl (C=O) groups excluding carboxylic acids is 1. The minimum Gasteiger partial charge on any atom is -0.380 e. The van der Waals surface area contributed by atoms with Gasteiger partial charge in [0, 0.05) is 60.8 Å². The Morgan fingerprint density at radius 3 is 2.88 bits per heavy atom. The summed E-state index contributed by atoms with van der Waals surface area (Å²) in [5.74, 6) is 3.76. The van der Waals surface area contributed by atoms with Crippen LogP contribution in [0.5, 0.6) is 0 Å². The molecular formula is C24H28N6O3. The molecule has 9 nitrogen and oxygen atoms in total. The Labute approximate surface area is 192 Å². The zero-order valence-corrected chi connectivity index (χ0v) is 19.0. The highest BCUT2D eigenvalue weighted by molar-refractivity contribution is 5.87. The number of nitrogens with zero attached hydrogens (tertiary/aromatic N) is 4. The molecule has 0 aliphatic carbocycles. The predicted octanol–water partition coefficient (Wildman–Crippen LogP) is 4.50. The van der Waals surface area contributed by atoms with Crippen LogP contribution in [0.2, 0.25) is 0 Å². The second-order valence-electron chi connectivity index (χ2n) is 8.49. The Bertz CT molecular complexity index is 1210. The number of anilines is 3. The molecule has 0 amide bonds. The number of non-ortho nitro benzene ring substituents is 1. The number of aromatic nitrogens is 2. The average molecular weight is 449 g/mol. The summed E-state index contributed by atoms with van der Waals surface area (Å²) in [6, 6.07) is 10.9. The van der Waals surface area contributed by atoms with Gasteiger partial charge in [-0.15, -0.1) is 0 Å². The molecule has 1 unspecified atom stereocenters. The number of hydrogen-bond acceptors (Lipinski definition) is 7. The molecule has 0 bridgehead atoms. The van der Waals surface area contributed by atoms with Gasteiger partial charge in [0.2, 0.25) is 0 Å². The second kappa shape index (κ2) is 9.34. The van der Waals surface area contributed by atoms with Gasteiger partial charge in [-0.3, -0.25) is 10.1 Å². The summed E-state index contributed by atoms with van der Waals surface area (Å²) in [6.45, 7) is 7.66. The van der Waals surface area contributed by atoms with E-state index in [1.807, 2.05) is 23.1 Å². The normalized spacial score (nSPS) is 16.2. The lowest BCUT2D eigenvalue weighted by molar-refractivity contribution is -0.384. The first-order valence-electron chi connectivity index (χ1n) is 11.2. The molecule has 9 heteroatoms. The Morgan fingerprint density at radius 1 is 1.36 bits per heavy atom. The SMILES string of the molecule is CCN(c1ncccc1NC(C)C)C1CCN(c2cc3cc([N+](=O)[O-])ccc3[nH]2)C(=C=O)C1. The van der Waals surface area contributed by atoms with Crippen molar-refractivity contribution < 1.29 is 9.72 Å². The van der Waals surface area contributed by atoms with E-state index in [0.29, 0.717) is 18.7 Å². The lowest BCUT2D eigenvalue weighted by Crippen LogP contribution is -2.45. The van der Waals surface area contributed by atoms with Crippen LogP contribution in [0, 0.1) is 10.1 Å². The minimum atomic E-state index is -0.409. The number of hydrogen-bond donors (Lipinski definition) is 2. The molecule has 3 heterocycles.